The van der Waals surface area contributed by atoms with Gasteiger partial charge in [-0.25, -0.2) is 4.39 Å². The molecule has 5 heteroatoms. The average molecular weight is 363 g/mol. The van der Waals surface area contributed by atoms with Crippen LogP contribution in [0, 0.1) is 19.7 Å². The number of hydrogen-bond donors (Lipinski definition) is 2. The molecule has 0 radical (unpaired) electrons. The quantitative estimate of drug-likeness (QED) is 0.531. The molecule has 2 N–H and O–H groups in total. The first-order valence-corrected chi connectivity index (χ1v) is 9.55. The Morgan fingerprint density at radius 2 is 1.83 bits per heavy atom. The zero-order valence-corrected chi connectivity index (χ0v) is 15.7. The van der Waals surface area contributed by atoms with Crippen molar-refractivity contribution < 1.29 is 4.39 Å². The monoisotopic (exact) mass is 362 g/mol. The standard InChI is InChI=1S/C19H23FN2S2/c1-14-4-9-18(12-15(14)2)22-19(23)21-10-3-11-24-13-16-5-7-17(20)8-6-16/h4-9,12H,3,10-11,13H2,1-2H3,(H2,21,22,23). The lowest BCUT2D eigenvalue weighted by Crippen LogP contribution is -2.29. The van der Waals surface area contributed by atoms with Gasteiger partial charge in [0.2, 0.25) is 0 Å². The van der Waals surface area contributed by atoms with E-state index in [4.69, 9.17) is 12.2 Å². The van der Waals surface area contributed by atoms with Crippen LogP contribution in [0.5, 0.6) is 0 Å². The van der Waals surface area contributed by atoms with Crippen LogP contribution in [0.3, 0.4) is 0 Å². The first-order valence-electron chi connectivity index (χ1n) is 7.99. The van der Waals surface area contributed by atoms with Gasteiger partial charge in [0.1, 0.15) is 5.82 Å². The molecule has 0 aliphatic rings. The highest BCUT2D eigenvalue weighted by Gasteiger charge is 2.00. The molecule has 0 saturated heterocycles. The van der Waals surface area contributed by atoms with Crippen LogP contribution in [-0.4, -0.2) is 17.4 Å². The van der Waals surface area contributed by atoms with Gasteiger partial charge in [0.25, 0.3) is 0 Å². The number of nitrogens with one attached hydrogen (secondary N) is 2. The molecular formula is C19H23FN2S2. The Bertz CT molecular complexity index is 672. The minimum Gasteiger partial charge on any atom is -0.362 e. The third-order valence-electron chi connectivity index (χ3n) is 3.70. The Kier molecular flexibility index (Phi) is 7.53. The molecule has 0 aromatic heterocycles. The summed E-state index contributed by atoms with van der Waals surface area (Å²) in [5.41, 5.74) is 4.69. The van der Waals surface area contributed by atoms with Crippen LogP contribution in [-0.2, 0) is 5.75 Å². The van der Waals surface area contributed by atoms with Crippen LogP contribution in [0.15, 0.2) is 42.5 Å². The molecule has 128 valence electrons. The second-order valence-corrected chi connectivity index (χ2v) is 7.23. The number of rotatable bonds is 7. The van der Waals surface area contributed by atoms with Crippen LogP contribution >= 0.6 is 24.0 Å². The maximum Gasteiger partial charge on any atom is 0.170 e. The molecule has 0 aliphatic heterocycles. The van der Waals surface area contributed by atoms with E-state index in [1.54, 1.807) is 0 Å². The fourth-order valence-electron chi connectivity index (χ4n) is 2.14. The van der Waals surface area contributed by atoms with E-state index >= 15 is 0 Å². The molecule has 0 atom stereocenters. The third kappa shape index (κ3) is 6.49. The Morgan fingerprint density at radius 3 is 2.54 bits per heavy atom. The summed E-state index contributed by atoms with van der Waals surface area (Å²) in [4.78, 5) is 0. The van der Waals surface area contributed by atoms with E-state index in [9.17, 15) is 4.39 Å². The van der Waals surface area contributed by atoms with Gasteiger partial charge in [-0.3, -0.25) is 0 Å². The van der Waals surface area contributed by atoms with Crippen molar-refractivity contribution in [3.8, 4) is 0 Å². The van der Waals surface area contributed by atoms with E-state index in [2.05, 4.69) is 36.6 Å². The van der Waals surface area contributed by atoms with E-state index in [0.29, 0.717) is 5.11 Å². The molecule has 0 bridgehead atoms. The normalized spacial score (nSPS) is 10.5. The second kappa shape index (κ2) is 9.64. The number of halogens is 1. The lowest BCUT2D eigenvalue weighted by atomic mass is 10.1. The van der Waals surface area contributed by atoms with Gasteiger partial charge in [-0.15, -0.1) is 0 Å². The Labute approximate surface area is 153 Å². The molecule has 0 unspecified atom stereocenters. The van der Waals surface area contributed by atoms with Gasteiger partial charge in [0.15, 0.2) is 5.11 Å². The zero-order valence-electron chi connectivity index (χ0n) is 14.1. The van der Waals surface area contributed by atoms with Crippen molar-refractivity contribution in [3.63, 3.8) is 0 Å². The first kappa shape index (κ1) is 18.7. The predicted molar refractivity (Wildman–Crippen MR) is 107 cm³/mol. The van der Waals surface area contributed by atoms with Gasteiger partial charge in [0.05, 0.1) is 0 Å². The first-order chi connectivity index (χ1) is 11.5. The van der Waals surface area contributed by atoms with Crippen molar-refractivity contribution in [1.29, 1.82) is 0 Å². The highest BCUT2D eigenvalue weighted by atomic mass is 32.2. The second-order valence-electron chi connectivity index (χ2n) is 5.71. The molecule has 0 fully saturated rings. The molecule has 2 rings (SSSR count). The van der Waals surface area contributed by atoms with E-state index < -0.39 is 0 Å². The summed E-state index contributed by atoms with van der Waals surface area (Å²) in [6, 6.07) is 12.9. The van der Waals surface area contributed by atoms with E-state index in [-0.39, 0.29) is 5.82 Å². The van der Waals surface area contributed by atoms with Crippen molar-refractivity contribution >= 4 is 34.8 Å². The Balaban J connectivity index is 1.59. The molecule has 2 aromatic carbocycles. The average Bonchev–Trinajstić information content (AvgIpc) is 2.56. The highest BCUT2D eigenvalue weighted by molar-refractivity contribution is 7.98. The fourth-order valence-corrected chi connectivity index (χ4v) is 3.28. The molecule has 0 saturated carbocycles. The molecule has 0 spiro atoms. The topological polar surface area (TPSA) is 24.1 Å². The summed E-state index contributed by atoms with van der Waals surface area (Å²) < 4.78 is 12.8. The minimum atomic E-state index is -0.183. The Morgan fingerprint density at radius 1 is 1.08 bits per heavy atom. The van der Waals surface area contributed by atoms with Gasteiger partial charge < -0.3 is 10.6 Å². The number of anilines is 1. The maximum absolute atomic E-state index is 12.8. The summed E-state index contributed by atoms with van der Waals surface area (Å²) in [7, 11) is 0. The molecule has 0 amide bonds. The summed E-state index contributed by atoms with van der Waals surface area (Å²) in [6.07, 6.45) is 1.03. The fraction of sp³-hybridized carbons (Fsp3) is 0.316. The highest BCUT2D eigenvalue weighted by Crippen LogP contribution is 2.15. The van der Waals surface area contributed by atoms with Gasteiger partial charge in [-0.1, -0.05) is 18.2 Å². The summed E-state index contributed by atoms with van der Waals surface area (Å²) in [5.74, 6) is 1.76. The van der Waals surface area contributed by atoms with Crippen LogP contribution in [0.25, 0.3) is 0 Å². The molecule has 2 aromatic rings. The largest absolute Gasteiger partial charge is 0.362 e. The van der Waals surface area contributed by atoms with Crippen LogP contribution in [0.2, 0.25) is 0 Å². The predicted octanol–water partition coefficient (Wildman–Crippen LogP) is 5.05. The Hall–Kier alpha value is -1.59. The van der Waals surface area contributed by atoms with Crippen molar-refractivity contribution in [2.75, 3.05) is 17.6 Å². The zero-order chi connectivity index (χ0) is 17.4. The summed E-state index contributed by atoms with van der Waals surface area (Å²) in [5, 5.41) is 7.09. The lowest BCUT2D eigenvalue weighted by Gasteiger charge is -2.11. The summed E-state index contributed by atoms with van der Waals surface area (Å²) >= 11 is 7.16. The lowest BCUT2D eigenvalue weighted by molar-refractivity contribution is 0.627. The molecule has 0 heterocycles. The number of benzene rings is 2. The molecule has 0 aliphatic carbocycles. The van der Waals surface area contributed by atoms with Gasteiger partial charge in [0, 0.05) is 18.0 Å². The smallest absolute Gasteiger partial charge is 0.170 e. The summed E-state index contributed by atoms with van der Waals surface area (Å²) in [6.45, 7) is 5.03. The number of thioether (sulfide) groups is 1. The van der Waals surface area contributed by atoms with Gasteiger partial charge in [-0.2, -0.15) is 11.8 Å². The molecule has 24 heavy (non-hydrogen) atoms. The molecule has 2 nitrogen and oxygen atoms in total. The SMILES string of the molecule is Cc1ccc(NC(=S)NCCCSCc2ccc(F)cc2)cc1C. The van der Waals surface area contributed by atoms with Gasteiger partial charge in [-0.05, 0) is 79.2 Å². The van der Waals surface area contributed by atoms with E-state index in [1.807, 2.05) is 30.0 Å². The maximum atomic E-state index is 12.8. The van der Waals surface area contributed by atoms with E-state index in [0.717, 1.165) is 35.7 Å². The molecular weight excluding hydrogens is 339 g/mol. The number of hydrogen-bond acceptors (Lipinski definition) is 2. The minimum absolute atomic E-state index is 0.183. The third-order valence-corrected chi connectivity index (χ3v) is 5.06. The van der Waals surface area contributed by atoms with Crippen LogP contribution in [0.1, 0.15) is 23.1 Å². The van der Waals surface area contributed by atoms with E-state index in [1.165, 1.54) is 23.3 Å². The van der Waals surface area contributed by atoms with Gasteiger partial charge >= 0.3 is 0 Å². The van der Waals surface area contributed by atoms with Crippen molar-refractivity contribution in [1.82, 2.24) is 5.32 Å². The van der Waals surface area contributed by atoms with Crippen molar-refractivity contribution in [2.24, 2.45) is 0 Å². The van der Waals surface area contributed by atoms with Crippen molar-refractivity contribution in [2.45, 2.75) is 26.0 Å². The van der Waals surface area contributed by atoms with Crippen molar-refractivity contribution in [3.05, 3.63) is 65.0 Å². The number of thiocarbonyl (C=S) groups is 1. The van der Waals surface area contributed by atoms with Crippen LogP contribution in [0.4, 0.5) is 10.1 Å². The van der Waals surface area contributed by atoms with Crippen LogP contribution < -0.4 is 10.6 Å². The number of aryl methyl sites for hydroxylation is 2.